The van der Waals surface area contributed by atoms with Crippen molar-refractivity contribution in [2.24, 2.45) is 0 Å². The van der Waals surface area contributed by atoms with Crippen LogP contribution in [0.2, 0.25) is 0 Å². The summed E-state index contributed by atoms with van der Waals surface area (Å²) in [7, 11) is 0. The van der Waals surface area contributed by atoms with Crippen molar-refractivity contribution in [3.8, 4) is 0 Å². The van der Waals surface area contributed by atoms with Gasteiger partial charge in [0, 0.05) is 0 Å². The summed E-state index contributed by atoms with van der Waals surface area (Å²) in [6.07, 6.45) is 0. The van der Waals surface area contributed by atoms with Crippen LogP contribution in [-0.4, -0.2) is 35.8 Å². The molecule has 14 heteroatoms. The van der Waals surface area contributed by atoms with Crippen LogP contribution in [0.1, 0.15) is 0 Å². The van der Waals surface area contributed by atoms with Crippen molar-refractivity contribution < 1.29 is 141 Å². The van der Waals surface area contributed by atoms with Gasteiger partial charge in [-0.1, -0.05) is 0 Å². The summed E-state index contributed by atoms with van der Waals surface area (Å²) in [6.45, 7) is 0. The minimum absolute atomic E-state index is 0. The average Bonchev–Trinajstić information content (AvgIpc) is 2.18. The topological polar surface area (TPSA) is 241 Å². The molecular formula is C6Nd2O12. The molecule has 0 aliphatic heterocycles. The van der Waals surface area contributed by atoms with Crippen molar-refractivity contribution in [3.63, 3.8) is 0 Å². The zero-order chi connectivity index (χ0) is 15.5. The average molecular weight is 553 g/mol. The summed E-state index contributed by atoms with van der Waals surface area (Å²) in [5, 5.41) is 53.6. The number of carboxylic acids is 6. The maximum atomic E-state index is 8.93. The fourth-order valence-corrected chi connectivity index (χ4v) is 0. The van der Waals surface area contributed by atoms with E-state index in [0.717, 1.165) is 0 Å². The van der Waals surface area contributed by atoms with Crippen molar-refractivity contribution in [2.45, 2.75) is 0 Å². The zero-order valence-corrected chi connectivity index (χ0v) is 15.3. The van der Waals surface area contributed by atoms with Crippen LogP contribution in [0.25, 0.3) is 0 Å². The van der Waals surface area contributed by atoms with Crippen molar-refractivity contribution in [1.29, 1.82) is 0 Å². The molecule has 0 fully saturated rings. The fourth-order valence-electron chi connectivity index (χ4n) is 0. The Balaban J connectivity index is -0.0000000536. The van der Waals surface area contributed by atoms with Crippen LogP contribution >= 0.6 is 0 Å². The molecule has 0 heterocycles. The fraction of sp³-hybridized carbons (Fsp3) is 0. The largest absolute Gasteiger partial charge is 3.00 e. The van der Waals surface area contributed by atoms with E-state index in [0.29, 0.717) is 0 Å². The molecule has 0 unspecified atom stereocenters. The number of carbonyl (C=O) groups is 6. The van der Waals surface area contributed by atoms with E-state index in [1.165, 1.54) is 0 Å². The molecule has 0 aromatic heterocycles. The standard InChI is InChI=1S/3C2H2O4.2Nd/c3*3-1(4)2(5)6;;/h3*(H,3,4)(H,5,6);;/q;;;2*+3/p-6. The Morgan fingerprint density at radius 3 is 0.400 bits per heavy atom. The molecule has 20 heavy (non-hydrogen) atoms. The molecule has 0 atom stereocenters. The van der Waals surface area contributed by atoms with Crippen molar-refractivity contribution in [1.82, 2.24) is 0 Å². The maximum Gasteiger partial charge on any atom is 3.00 e. The van der Waals surface area contributed by atoms with Gasteiger partial charge in [-0.2, -0.15) is 0 Å². The summed E-state index contributed by atoms with van der Waals surface area (Å²) < 4.78 is 0. The van der Waals surface area contributed by atoms with E-state index in [2.05, 4.69) is 0 Å². The quantitative estimate of drug-likeness (QED) is 0.254. The molecule has 0 aliphatic carbocycles. The number of carboxylic acid groups (broad SMARTS) is 6. The van der Waals surface area contributed by atoms with Gasteiger partial charge in [0.2, 0.25) is 0 Å². The Morgan fingerprint density at radius 2 is 0.400 bits per heavy atom. The number of carbonyl (C=O) groups excluding carboxylic acids is 6. The van der Waals surface area contributed by atoms with Crippen LogP contribution in [0.15, 0.2) is 0 Å². The van der Waals surface area contributed by atoms with Crippen LogP contribution in [0.3, 0.4) is 0 Å². The molecule has 0 bridgehead atoms. The minimum atomic E-state index is -2.19. The van der Waals surface area contributed by atoms with Gasteiger partial charge in [-0.3, -0.25) is 0 Å². The molecule has 0 aromatic carbocycles. The molecule has 104 valence electrons. The first-order chi connectivity index (χ1) is 7.93. The van der Waals surface area contributed by atoms with Gasteiger partial charge in [0.25, 0.3) is 0 Å². The predicted molar refractivity (Wildman–Crippen MR) is 30.0 cm³/mol. The first kappa shape index (κ1) is 31.8. The van der Waals surface area contributed by atoms with Crippen LogP contribution in [0.4, 0.5) is 0 Å². The molecule has 2 radical (unpaired) electrons. The maximum absolute atomic E-state index is 8.93. The molecule has 0 rings (SSSR count). The monoisotopic (exact) mass is 548 g/mol. The Bertz CT molecular complexity index is 281. The number of hydrogen-bond acceptors (Lipinski definition) is 12. The minimum Gasteiger partial charge on any atom is -0.543 e. The molecule has 12 nitrogen and oxygen atoms in total. The van der Waals surface area contributed by atoms with Gasteiger partial charge in [0.15, 0.2) is 0 Å². The Labute approximate surface area is 174 Å². The molecule has 0 saturated carbocycles. The van der Waals surface area contributed by atoms with E-state index in [9.17, 15) is 0 Å². The smallest absolute Gasteiger partial charge is 0.543 e. The molecule has 0 aliphatic rings. The van der Waals surface area contributed by atoms with Crippen LogP contribution in [0, 0.1) is 81.7 Å². The molecule has 0 N–H and O–H groups in total. The SMILES string of the molecule is O=C([O-])C(=O)[O-].O=C([O-])C(=O)[O-].O=C([O-])C(=O)[O-].[Nd+3].[Nd+3]. The second-order valence-electron chi connectivity index (χ2n) is 1.72. The van der Waals surface area contributed by atoms with Crippen LogP contribution in [-0.2, 0) is 28.8 Å². The normalized spacial score (nSPS) is 6.60. The molecular weight excluding hydrogens is 553 g/mol. The van der Waals surface area contributed by atoms with Gasteiger partial charge >= 0.3 is 81.7 Å². The Morgan fingerprint density at radius 1 is 0.350 bits per heavy atom. The molecule has 0 spiro atoms. The summed E-state index contributed by atoms with van der Waals surface area (Å²) in [4.78, 5) is 53.6. The van der Waals surface area contributed by atoms with Gasteiger partial charge in [0.1, 0.15) is 0 Å². The van der Waals surface area contributed by atoms with Crippen LogP contribution < -0.4 is 30.6 Å². The number of aliphatic carboxylic acids is 6. The third-order valence-electron chi connectivity index (χ3n) is 0.500. The summed E-state index contributed by atoms with van der Waals surface area (Å²) in [6, 6.07) is 0. The van der Waals surface area contributed by atoms with E-state index >= 15 is 0 Å². The van der Waals surface area contributed by atoms with Crippen LogP contribution in [0.5, 0.6) is 0 Å². The second kappa shape index (κ2) is 18.5. The second-order valence-corrected chi connectivity index (χ2v) is 1.72. The number of hydrogen-bond donors (Lipinski definition) is 0. The van der Waals surface area contributed by atoms with Crippen molar-refractivity contribution in [2.75, 3.05) is 0 Å². The molecule has 0 aromatic rings. The Hall–Kier alpha value is -0.479. The van der Waals surface area contributed by atoms with E-state index in [-0.39, 0.29) is 81.7 Å². The van der Waals surface area contributed by atoms with Gasteiger partial charge < -0.3 is 59.4 Å². The van der Waals surface area contributed by atoms with Crippen molar-refractivity contribution >= 4 is 35.8 Å². The summed E-state index contributed by atoms with van der Waals surface area (Å²) >= 11 is 0. The summed E-state index contributed by atoms with van der Waals surface area (Å²) in [5.74, 6) is -13.1. The van der Waals surface area contributed by atoms with E-state index < -0.39 is 35.8 Å². The molecule has 0 amide bonds. The Kier molecular flexibility index (Phi) is 29.4. The van der Waals surface area contributed by atoms with Crippen molar-refractivity contribution in [3.05, 3.63) is 0 Å². The number of rotatable bonds is 0. The van der Waals surface area contributed by atoms with Gasteiger partial charge in [0.05, 0.1) is 35.8 Å². The first-order valence-electron chi connectivity index (χ1n) is 3.20. The predicted octanol–water partition coefficient (Wildman–Crippen LogP) is -10.5. The van der Waals surface area contributed by atoms with E-state index in [1.54, 1.807) is 0 Å². The summed E-state index contributed by atoms with van der Waals surface area (Å²) in [5.41, 5.74) is 0. The van der Waals surface area contributed by atoms with E-state index in [4.69, 9.17) is 59.4 Å². The third kappa shape index (κ3) is 36.0. The van der Waals surface area contributed by atoms with Gasteiger partial charge in [-0.15, -0.1) is 0 Å². The van der Waals surface area contributed by atoms with E-state index in [1.807, 2.05) is 0 Å². The van der Waals surface area contributed by atoms with Gasteiger partial charge in [-0.05, 0) is 0 Å². The zero-order valence-electron chi connectivity index (χ0n) is 8.90. The first-order valence-corrected chi connectivity index (χ1v) is 3.20. The van der Waals surface area contributed by atoms with Gasteiger partial charge in [-0.25, -0.2) is 0 Å². The molecule has 0 saturated heterocycles. The third-order valence-corrected chi connectivity index (χ3v) is 0.500.